The molecule has 0 fully saturated rings. The average molecular weight is 247 g/mol. The molecule has 3 N–H and O–H groups in total. The van der Waals surface area contributed by atoms with Crippen LogP contribution in [0.1, 0.15) is 32.3 Å². The highest BCUT2D eigenvalue weighted by molar-refractivity contribution is 5.72. The molecular weight excluding hydrogens is 226 g/mol. The van der Waals surface area contributed by atoms with Crippen molar-refractivity contribution in [2.24, 2.45) is 5.73 Å². The minimum absolute atomic E-state index is 0.0690. The van der Waals surface area contributed by atoms with Gasteiger partial charge in [0.2, 0.25) is 0 Å². The first-order chi connectivity index (χ1) is 8.54. The predicted molar refractivity (Wildman–Crippen MR) is 73.2 cm³/mol. The molecule has 0 bridgehead atoms. The Morgan fingerprint density at radius 3 is 3.00 bits per heavy atom. The fraction of sp³-hybridized carbons (Fsp3) is 0.500. The maximum absolute atomic E-state index is 5.93. The maximum Gasteiger partial charge on any atom is 0.181 e. The summed E-state index contributed by atoms with van der Waals surface area (Å²) in [6.45, 7) is 5.95. The molecule has 98 valence electrons. The summed E-state index contributed by atoms with van der Waals surface area (Å²) < 4.78 is 5.28. The summed E-state index contributed by atoms with van der Waals surface area (Å²) >= 11 is 0. The van der Waals surface area contributed by atoms with E-state index in [1.807, 2.05) is 12.1 Å². The van der Waals surface area contributed by atoms with Crippen molar-refractivity contribution in [2.45, 2.75) is 38.8 Å². The van der Waals surface area contributed by atoms with Crippen molar-refractivity contribution >= 4 is 11.1 Å². The quantitative estimate of drug-likeness (QED) is 0.769. The number of nitrogens with two attached hydrogens (primary N) is 1. The largest absolute Gasteiger partial charge is 0.443 e. The van der Waals surface area contributed by atoms with Crippen LogP contribution in [-0.4, -0.2) is 17.1 Å². The van der Waals surface area contributed by atoms with Crippen LogP contribution in [0.25, 0.3) is 11.1 Å². The molecule has 0 saturated heterocycles. The summed E-state index contributed by atoms with van der Waals surface area (Å²) in [6.07, 6.45) is 3.60. The smallest absolute Gasteiger partial charge is 0.181 e. The van der Waals surface area contributed by atoms with E-state index in [2.05, 4.69) is 30.2 Å². The number of nitrogens with one attached hydrogen (secondary N) is 1. The number of aromatic nitrogens is 1. The van der Waals surface area contributed by atoms with E-state index in [4.69, 9.17) is 10.2 Å². The fourth-order valence-electron chi connectivity index (χ4n) is 1.91. The first kappa shape index (κ1) is 13.1. The monoisotopic (exact) mass is 247 g/mol. The van der Waals surface area contributed by atoms with E-state index >= 15 is 0 Å². The van der Waals surface area contributed by atoms with Gasteiger partial charge in [-0.3, -0.25) is 0 Å². The third-order valence-corrected chi connectivity index (χ3v) is 2.90. The van der Waals surface area contributed by atoms with Crippen LogP contribution in [0.15, 0.2) is 29.0 Å². The molecule has 1 heterocycles. The van der Waals surface area contributed by atoms with Crippen molar-refractivity contribution in [1.82, 2.24) is 10.3 Å². The van der Waals surface area contributed by atoms with E-state index in [9.17, 15) is 0 Å². The van der Waals surface area contributed by atoms with Crippen molar-refractivity contribution in [3.8, 4) is 0 Å². The molecule has 2 rings (SSSR count). The maximum atomic E-state index is 5.93. The summed E-state index contributed by atoms with van der Waals surface area (Å²) in [6, 6.07) is 6.09. The molecule has 4 nitrogen and oxygen atoms in total. The Kier molecular flexibility index (Phi) is 3.99. The van der Waals surface area contributed by atoms with Gasteiger partial charge < -0.3 is 15.5 Å². The standard InChI is InChI=1S/C14H21N3O/c1-14(2,15)6-3-7-16-9-11-4-5-12-13(8-11)18-10-17-12/h4-5,8,10,16H,3,6-7,9,15H2,1-2H3. The van der Waals surface area contributed by atoms with E-state index in [-0.39, 0.29) is 5.54 Å². The van der Waals surface area contributed by atoms with Gasteiger partial charge in [-0.15, -0.1) is 0 Å². The second-order valence-electron chi connectivity index (χ2n) is 5.42. The third kappa shape index (κ3) is 3.82. The Balaban J connectivity index is 1.76. The lowest BCUT2D eigenvalue weighted by molar-refractivity contribution is 0.448. The molecule has 1 aromatic heterocycles. The zero-order valence-electron chi connectivity index (χ0n) is 11.1. The summed E-state index contributed by atoms with van der Waals surface area (Å²) in [5.41, 5.74) is 8.83. The molecule has 1 aromatic carbocycles. The lowest BCUT2D eigenvalue weighted by Gasteiger charge is -2.17. The lowest BCUT2D eigenvalue weighted by atomic mass is 10.0. The second-order valence-corrected chi connectivity index (χ2v) is 5.42. The molecule has 0 aliphatic heterocycles. The molecule has 0 aliphatic carbocycles. The van der Waals surface area contributed by atoms with Crippen LogP contribution < -0.4 is 11.1 Å². The minimum atomic E-state index is -0.0690. The molecule has 0 atom stereocenters. The van der Waals surface area contributed by atoms with Crippen LogP contribution in [0.5, 0.6) is 0 Å². The van der Waals surface area contributed by atoms with Gasteiger partial charge in [-0.05, 0) is 50.9 Å². The number of nitrogens with zero attached hydrogens (tertiary/aromatic N) is 1. The van der Waals surface area contributed by atoms with E-state index in [1.165, 1.54) is 12.0 Å². The molecular formula is C14H21N3O. The van der Waals surface area contributed by atoms with Crippen molar-refractivity contribution < 1.29 is 4.42 Å². The van der Waals surface area contributed by atoms with Crippen molar-refractivity contribution in [3.05, 3.63) is 30.2 Å². The zero-order valence-corrected chi connectivity index (χ0v) is 11.1. The lowest BCUT2D eigenvalue weighted by Crippen LogP contribution is -2.32. The second kappa shape index (κ2) is 5.50. The van der Waals surface area contributed by atoms with Gasteiger partial charge in [0.05, 0.1) is 0 Å². The third-order valence-electron chi connectivity index (χ3n) is 2.90. The van der Waals surface area contributed by atoms with E-state index in [0.717, 1.165) is 37.0 Å². The number of rotatable bonds is 6. The predicted octanol–water partition coefficient (Wildman–Crippen LogP) is 2.43. The average Bonchev–Trinajstić information content (AvgIpc) is 2.74. The molecule has 0 spiro atoms. The van der Waals surface area contributed by atoms with E-state index in [1.54, 1.807) is 0 Å². The highest BCUT2D eigenvalue weighted by Gasteiger charge is 2.08. The number of hydrogen-bond donors (Lipinski definition) is 2. The van der Waals surface area contributed by atoms with Gasteiger partial charge in [-0.25, -0.2) is 4.98 Å². The summed E-state index contributed by atoms with van der Waals surface area (Å²) in [5, 5.41) is 3.41. The topological polar surface area (TPSA) is 64.1 Å². The van der Waals surface area contributed by atoms with Gasteiger partial charge in [-0.2, -0.15) is 0 Å². The Morgan fingerprint density at radius 2 is 2.22 bits per heavy atom. The van der Waals surface area contributed by atoms with E-state index < -0.39 is 0 Å². The Bertz CT molecular complexity index is 499. The summed E-state index contributed by atoms with van der Waals surface area (Å²) in [5.74, 6) is 0. The Labute approximate surface area is 108 Å². The summed E-state index contributed by atoms with van der Waals surface area (Å²) in [7, 11) is 0. The molecule has 0 unspecified atom stereocenters. The Hall–Kier alpha value is -1.39. The number of oxazole rings is 1. The van der Waals surface area contributed by atoms with Crippen LogP contribution >= 0.6 is 0 Å². The molecule has 2 aromatic rings. The first-order valence-electron chi connectivity index (χ1n) is 6.36. The zero-order chi connectivity index (χ0) is 13.0. The van der Waals surface area contributed by atoms with Crippen LogP contribution in [0.4, 0.5) is 0 Å². The van der Waals surface area contributed by atoms with Crippen molar-refractivity contribution in [2.75, 3.05) is 6.54 Å². The fourth-order valence-corrected chi connectivity index (χ4v) is 1.91. The van der Waals surface area contributed by atoms with E-state index in [0.29, 0.717) is 0 Å². The van der Waals surface area contributed by atoms with Crippen molar-refractivity contribution in [3.63, 3.8) is 0 Å². The van der Waals surface area contributed by atoms with Gasteiger partial charge in [0.25, 0.3) is 0 Å². The van der Waals surface area contributed by atoms with Crippen LogP contribution in [-0.2, 0) is 6.54 Å². The first-order valence-corrected chi connectivity index (χ1v) is 6.36. The van der Waals surface area contributed by atoms with Crippen LogP contribution in [0.3, 0.4) is 0 Å². The molecule has 18 heavy (non-hydrogen) atoms. The number of benzene rings is 1. The molecule has 4 heteroatoms. The minimum Gasteiger partial charge on any atom is -0.443 e. The SMILES string of the molecule is CC(C)(N)CCCNCc1ccc2ncoc2c1. The highest BCUT2D eigenvalue weighted by Crippen LogP contribution is 2.14. The van der Waals surface area contributed by atoms with Gasteiger partial charge >= 0.3 is 0 Å². The van der Waals surface area contributed by atoms with Gasteiger partial charge in [0.15, 0.2) is 12.0 Å². The number of fused-ring (bicyclic) bond motifs is 1. The normalized spacial score (nSPS) is 12.2. The van der Waals surface area contributed by atoms with Gasteiger partial charge in [-0.1, -0.05) is 6.07 Å². The molecule has 0 saturated carbocycles. The van der Waals surface area contributed by atoms with Gasteiger partial charge in [0, 0.05) is 12.1 Å². The van der Waals surface area contributed by atoms with Crippen LogP contribution in [0.2, 0.25) is 0 Å². The highest BCUT2D eigenvalue weighted by atomic mass is 16.3. The van der Waals surface area contributed by atoms with Crippen LogP contribution in [0, 0.1) is 0 Å². The molecule has 0 aliphatic rings. The summed E-state index contributed by atoms with van der Waals surface area (Å²) in [4.78, 5) is 4.10. The molecule has 0 radical (unpaired) electrons. The number of hydrogen-bond acceptors (Lipinski definition) is 4. The van der Waals surface area contributed by atoms with Crippen molar-refractivity contribution in [1.29, 1.82) is 0 Å². The Morgan fingerprint density at radius 1 is 1.39 bits per heavy atom. The van der Waals surface area contributed by atoms with Gasteiger partial charge in [0.1, 0.15) is 5.52 Å². The molecule has 0 amide bonds.